The molecular formula is C22H18ClN3O2. The molecule has 3 aromatic rings. The predicted molar refractivity (Wildman–Crippen MR) is 112 cm³/mol. The minimum Gasteiger partial charge on any atom is -0.322 e. The number of nitrogens with one attached hydrogen (secondary N) is 2. The first-order chi connectivity index (χ1) is 13.5. The largest absolute Gasteiger partial charge is 0.322 e. The molecule has 0 fully saturated rings. The van der Waals surface area contributed by atoms with Crippen LogP contribution in [0.2, 0.25) is 5.02 Å². The fourth-order valence-corrected chi connectivity index (χ4v) is 2.73. The van der Waals surface area contributed by atoms with Crippen LogP contribution in [0.4, 0.5) is 5.69 Å². The molecule has 2 amide bonds. The highest BCUT2D eigenvalue weighted by Gasteiger charge is 2.10. The van der Waals surface area contributed by atoms with Crippen molar-refractivity contribution in [2.75, 3.05) is 5.32 Å². The summed E-state index contributed by atoms with van der Waals surface area (Å²) in [6, 6.07) is 21.1. The zero-order valence-corrected chi connectivity index (χ0v) is 15.9. The van der Waals surface area contributed by atoms with Gasteiger partial charge < -0.3 is 5.32 Å². The average Bonchev–Trinajstić information content (AvgIpc) is 2.70. The minimum atomic E-state index is -0.339. The van der Waals surface area contributed by atoms with Gasteiger partial charge in [-0.05, 0) is 54.4 Å². The van der Waals surface area contributed by atoms with E-state index in [-0.39, 0.29) is 11.8 Å². The number of nitrogens with zero attached hydrogens (tertiary/aromatic N) is 1. The third-order valence-electron chi connectivity index (χ3n) is 4.08. The molecular weight excluding hydrogens is 374 g/mol. The summed E-state index contributed by atoms with van der Waals surface area (Å²) in [5.74, 6) is -0.653. The first kappa shape index (κ1) is 19.3. The Morgan fingerprint density at radius 1 is 0.893 bits per heavy atom. The van der Waals surface area contributed by atoms with E-state index in [4.69, 9.17) is 11.6 Å². The zero-order valence-electron chi connectivity index (χ0n) is 15.1. The quantitative estimate of drug-likeness (QED) is 0.490. The first-order valence-electron chi connectivity index (χ1n) is 8.59. The summed E-state index contributed by atoms with van der Waals surface area (Å²) in [6.07, 6.45) is 1.60. The van der Waals surface area contributed by atoms with Crippen molar-refractivity contribution in [3.8, 4) is 0 Å². The maximum atomic E-state index is 12.3. The molecule has 28 heavy (non-hydrogen) atoms. The Hall–Kier alpha value is -3.44. The summed E-state index contributed by atoms with van der Waals surface area (Å²) in [5.41, 5.74) is 5.87. The second kappa shape index (κ2) is 8.97. The van der Waals surface area contributed by atoms with Gasteiger partial charge in [0.05, 0.1) is 16.8 Å². The molecule has 0 bridgehead atoms. The van der Waals surface area contributed by atoms with E-state index >= 15 is 0 Å². The van der Waals surface area contributed by atoms with Crippen molar-refractivity contribution in [1.29, 1.82) is 0 Å². The maximum absolute atomic E-state index is 12.3. The summed E-state index contributed by atoms with van der Waals surface area (Å²) < 4.78 is 0. The molecule has 140 valence electrons. The monoisotopic (exact) mass is 391 g/mol. The fourth-order valence-electron chi connectivity index (χ4n) is 2.51. The Labute approximate surface area is 168 Å². The van der Waals surface area contributed by atoms with Gasteiger partial charge in [-0.2, -0.15) is 5.10 Å². The molecule has 0 atom stereocenters. The van der Waals surface area contributed by atoms with Crippen LogP contribution in [0.5, 0.6) is 0 Å². The van der Waals surface area contributed by atoms with Crippen LogP contribution in [0.1, 0.15) is 31.8 Å². The summed E-state index contributed by atoms with van der Waals surface area (Å²) >= 11 is 6.03. The Morgan fingerprint density at radius 2 is 1.57 bits per heavy atom. The molecule has 0 radical (unpaired) electrons. The van der Waals surface area contributed by atoms with Crippen molar-refractivity contribution >= 4 is 35.3 Å². The second-order valence-electron chi connectivity index (χ2n) is 6.07. The number of anilines is 1. The molecule has 0 aliphatic rings. The smallest absolute Gasteiger partial charge is 0.271 e. The first-order valence-corrected chi connectivity index (χ1v) is 8.97. The highest BCUT2D eigenvalue weighted by atomic mass is 35.5. The van der Waals surface area contributed by atoms with E-state index in [1.165, 1.54) is 0 Å². The molecule has 3 rings (SSSR count). The molecule has 0 saturated heterocycles. The number of rotatable bonds is 5. The van der Waals surface area contributed by atoms with Gasteiger partial charge in [0, 0.05) is 11.3 Å². The van der Waals surface area contributed by atoms with Crippen LogP contribution in [0.3, 0.4) is 0 Å². The Bertz CT molecular complexity index is 1030. The third-order valence-corrected chi connectivity index (χ3v) is 4.41. The summed E-state index contributed by atoms with van der Waals surface area (Å²) in [6.45, 7) is 1.97. The molecule has 3 aromatic carbocycles. The molecule has 2 N–H and O–H groups in total. The SMILES string of the molecule is Cc1ccccc1/C=N\NC(=O)c1ccc(NC(=O)c2ccccc2Cl)cc1. The molecule has 6 heteroatoms. The summed E-state index contributed by atoms with van der Waals surface area (Å²) in [7, 11) is 0. The van der Waals surface area contributed by atoms with Crippen molar-refractivity contribution in [2.45, 2.75) is 6.92 Å². The van der Waals surface area contributed by atoms with E-state index in [1.807, 2.05) is 31.2 Å². The van der Waals surface area contributed by atoms with Crippen molar-refractivity contribution in [3.63, 3.8) is 0 Å². The number of carbonyl (C=O) groups excluding carboxylic acids is 2. The number of amides is 2. The standard InChI is InChI=1S/C22H18ClN3O2/c1-15-6-2-3-7-17(15)14-24-26-21(27)16-10-12-18(13-11-16)25-22(28)19-8-4-5-9-20(19)23/h2-14H,1H3,(H,25,28)(H,26,27)/b24-14-. The third kappa shape index (κ3) is 4.84. The Morgan fingerprint density at radius 3 is 2.29 bits per heavy atom. The van der Waals surface area contributed by atoms with Gasteiger partial charge in [-0.3, -0.25) is 9.59 Å². The highest BCUT2D eigenvalue weighted by molar-refractivity contribution is 6.34. The number of hydrogen-bond acceptors (Lipinski definition) is 3. The number of hydrazone groups is 1. The number of halogens is 1. The molecule has 0 aliphatic heterocycles. The Balaban J connectivity index is 1.61. The average molecular weight is 392 g/mol. The number of aryl methyl sites for hydroxylation is 1. The molecule has 0 unspecified atom stereocenters. The van der Waals surface area contributed by atoms with E-state index < -0.39 is 0 Å². The van der Waals surface area contributed by atoms with Gasteiger partial charge in [0.15, 0.2) is 0 Å². The van der Waals surface area contributed by atoms with Crippen LogP contribution < -0.4 is 10.7 Å². The molecule has 0 spiro atoms. The highest BCUT2D eigenvalue weighted by Crippen LogP contribution is 2.17. The van der Waals surface area contributed by atoms with Gasteiger partial charge in [0.2, 0.25) is 0 Å². The van der Waals surface area contributed by atoms with E-state index in [0.29, 0.717) is 21.8 Å². The van der Waals surface area contributed by atoms with Crippen molar-refractivity contribution in [3.05, 3.63) is 100 Å². The van der Waals surface area contributed by atoms with Crippen LogP contribution in [-0.4, -0.2) is 18.0 Å². The van der Waals surface area contributed by atoms with Crippen LogP contribution >= 0.6 is 11.6 Å². The lowest BCUT2D eigenvalue weighted by Crippen LogP contribution is -2.18. The fraction of sp³-hybridized carbons (Fsp3) is 0.0455. The van der Waals surface area contributed by atoms with Crippen LogP contribution in [0.15, 0.2) is 77.9 Å². The van der Waals surface area contributed by atoms with Gasteiger partial charge in [-0.25, -0.2) is 5.43 Å². The number of carbonyl (C=O) groups is 2. The number of hydrogen-bond donors (Lipinski definition) is 2. The molecule has 0 saturated carbocycles. The van der Waals surface area contributed by atoms with Crippen LogP contribution in [-0.2, 0) is 0 Å². The van der Waals surface area contributed by atoms with E-state index in [9.17, 15) is 9.59 Å². The van der Waals surface area contributed by atoms with Crippen LogP contribution in [0.25, 0.3) is 0 Å². The lowest BCUT2D eigenvalue weighted by molar-refractivity contribution is 0.0954. The van der Waals surface area contributed by atoms with Gasteiger partial charge in [-0.15, -0.1) is 0 Å². The second-order valence-corrected chi connectivity index (χ2v) is 6.47. The summed E-state index contributed by atoms with van der Waals surface area (Å²) in [4.78, 5) is 24.5. The van der Waals surface area contributed by atoms with Gasteiger partial charge >= 0.3 is 0 Å². The molecule has 0 heterocycles. The van der Waals surface area contributed by atoms with Crippen molar-refractivity contribution in [1.82, 2.24) is 5.43 Å². The van der Waals surface area contributed by atoms with Gasteiger partial charge in [0.1, 0.15) is 0 Å². The lowest BCUT2D eigenvalue weighted by Gasteiger charge is -2.07. The predicted octanol–water partition coefficient (Wildman–Crippen LogP) is 4.66. The molecule has 0 aliphatic carbocycles. The topological polar surface area (TPSA) is 70.6 Å². The van der Waals surface area contributed by atoms with Crippen LogP contribution in [0, 0.1) is 6.92 Å². The normalized spacial score (nSPS) is 10.6. The molecule has 0 aromatic heterocycles. The van der Waals surface area contributed by atoms with E-state index in [2.05, 4.69) is 15.8 Å². The van der Waals surface area contributed by atoms with E-state index in [0.717, 1.165) is 11.1 Å². The lowest BCUT2D eigenvalue weighted by atomic mass is 10.1. The van der Waals surface area contributed by atoms with Crippen molar-refractivity contribution in [2.24, 2.45) is 5.10 Å². The van der Waals surface area contributed by atoms with Crippen molar-refractivity contribution < 1.29 is 9.59 Å². The zero-order chi connectivity index (χ0) is 19.9. The van der Waals surface area contributed by atoms with E-state index in [1.54, 1.807) is 54.7 Å². The number of benzene rings is 3. The summed E-state index contributed by atoms with van der Waals surface area (Å²) in [5, 5.41) is 7.12. The maximum Gasteiger partial charge on any atom is 0.271 e. The van der Waals surface area contributed by atoms with Gasteiger partial charge in [-0.1, -0.05) is 48.0 Å². The minimum absolute atomic E-state index is 0.314. The molecule has 5 nitrogen and oxygen atoms in total. The Kier molecular flexibility index (Phi) is 6.19. The van der Waals surface area contributed by atoms with Gasteiger partial charge in [0.25, 0.3) is 11.8 Å².